The fourth-order valence-corrected chi connectivity index (χ4v) is 1.29. The average Bonchev–Trinajstić information content (AvgIpc) is 2.26. The van der Waals surface area contributed by atoms with Crippen LogP contribution >= 0.6 is 11.6 Å². The van der Waals surface area contributed by atoms with E-state index in [0.29, 0.717) is 12.1 Å². The molecule has 1 amide bonds. The van der Waals surface area contributed by atoms with Gasteiger partial charge in [-0.1, -0.05) is 0 Å². The van der Waals surface area contributed by atoms with Gasteiger partial charge in [0.15, 0.2) is 0 Å². The lowest BCUT2D eigenvalue weighted by molar-refractivity contribution is 0.0793. The summed E-state index contributed by atoms with van der Waals surface area (Å²) in [5, 5.41) is 0.0951. The number of aromatic nitrogens is 1. The van der Waals surface area contributed by atoms with Crippen LogP contribution in [0.3, 0.4) is 0 Å². The van der Waals surface area contributed by atoms with Crippen LogP contribution in [0, 0.1) is 0 Å². The summed E-state index contributed by atoms with van der Waals surface area (Å²) in [6, 6.07) is 3.42. The number of hydrogen-bond donors (Lipinski definition) is 0. The summed E-state index contributed by atoms with van der Waals surface area (Å²) in [7, 11) is 1.78. The third-order valence-corrected chi connectivity index (χ3v) is 2.35. The summed E-state index contributed by atoms with van der Waals surface area (Å²) in [4.78, 5) is 17.4. The number of rotatable bonds is 4. The van der Waals surface area contributed by atoms with Gasteiger partial charge in [0.05, 0.1) is 0 Å². The van der Waals surface area contributed by atoms with Crippen LogP contribution in [0.1, 0.15) is 23.7 Å². The Morgan fingerprint density at radius 3 is 2.67 bits per heavy atom. The second kappa shape index (κ2) is 5.71. The summed E-state index contributed by atoms with van der Waals surface area (Å²) >= 11 is 5.82. The van der Waals surface area contributed by atoms with E-state index in [1.165, 1.54) is 0 Å². The molecule has 0 radical (unpaired) electrons. The van der Waals surface area contributed by atoms with Crippen LogP contribution in [-0.4, -0.2) is 34.8 Å². The summed E-state index contributed by atoms with van der Waals surface area (Å²) in [6.07, 6.45) is 4.03. The lowest BCUT2D eigenvalue weighted by Gasteiger charge is -2.17. The molecular formula is C11H15ClN2O. The van der Waals surface area contributed by atoms with Crippen LogP contribution in [-0.2, 0) is 0 Å². The first kappa shape index (κ1) is 12.0. The van der Waals surface area contributed by atoms with Gasteiger partial charge < -0.3 is 4.90 Å². The number of carbonyl (C=O) groups is 1. The van der Waals surface area contributed by atoms with Gasteiger partial charge in [0.25, 0.3) is 5.91 Å². The summed E-state index contributed by atoms with van der Waals surface area (Å²) in [5.41, 5.74) is 0.662. The van der Waals surface area contributed by atoms with E-state index < -0.39 is 0 Å². The number of pyridine rings is 1. The van der Waals surface area contributed by atoms with E-state index in [4.69, 9.17) is 11.6 Å². The lowest BCUT2D eigenvalue weighted by Crippen LogP contribution is -2.28. The molecule has 0 spiro atoms. The van der Waals surface area contributed by atoms with Crippen molar-refractivity contribution in [3.8, 4) is 0 Å². The van der Waals surface area contributed by atoms with Crippen LogP contribution in [0.2, 0.25) is 0 Å². The molecule has 15 heavy (non-hydrogen) atoms. The molecule has 0 aliphatic heterocycles. The third kappa shape index (κ3) is 3.88. The molecule has 0 N–H and O–H groups in total. The molecule has 1 rings (SSSR count). The Labute approximate surface area is 95.1 Å². The number of alkyl halides is 1. The van der Waals surface area contributed by atoms with Crippen molar-refractivity contribution in [1.82, 2.24) is 9.88 Å². The highest BCUT2D eigenvalue weighted by Gasteiger charge is 2.11. The number of nitrogens with zero attached hydrogens (tertiary/aromatic N) is 2. The molecule has 82 valence electrons. The van der Waals surface area contributed by atoms with Crippen molar-refractivity contribution in [3.05, 3.63) is 30.1 Å². The molecule has 4 heteroatoms. The quantitative estimate of drug-likeness (QED) is 0.738. The summed E-state index contributed by atoms with van der Waals surface area (Å²) < 4.78 is 0. The van der Waals surface area contributed by atoms with E-state index in [1.807, 2.05) is 6.92 Å². The first-order valence-corrected chi connectivity index (χ1v) is 5.34. The van der Waals surface area contributed by atoms with Gasteiger partial charge in [-0.05, 0) is 25.5 Å². The van der Waals surface area contributed by atoms with E-state index >= 15 is 0 Å². The van der Waals surface area contributed by atoms with Gasteiger partial charge in [0.2, 0.25) is 0 Å². The van der Waals surface area contributed by atoms with Gasteiger partial charge in [-0.25, -0.2) is 0 Å². The molecule has 0 aliphatic carbocycles. The monoisotopic (exact) mass is 226 g/mol. The zero-order chi connectivity index (χ0) is 11.3. The van der Waals surface area contributed by atoms with Gasteiger partial charge >= 0.3 is 0 Å². The molecule has 0 fully saturated rings. The molecule has 1 aromatic heterocycles. The fraction of sp³-hybridized carbons (Fsp3) is 0.455. The fourth-order valence-electron chi connectivity index (χ4n) is 1.19. The maximum atomic E-state index is 11.8. The van der Waals surface area contributed by atoms with E-state index in [-0.39, 0.29) is 11.3 Å². The van der Waals surface area contributed by atoms with Gasteiger partial charge in [-0.15, -0.1) is 11.6 Å². The predicted octanol–water partition coefficient (Wildman–Crippen LogP) is 2.17. The zero-order valence-electron chi connectivity index (χ0n) is 8.98. The lowest BCUT2D eigenvalue weighted by atomic mass is 10.2. The van der Waals surface area contributed by atoms with Crippen molar-refractivity contribution in [2.75, 3.05) is 13.6 Å². The highest BCUT2D eigenvalue weighted by molar-refractivity contribution is 6.20. The standard InChI is InChI=1S/C11H15ClN2O/c1-9(12)5-8-14(2)11(15)10-3-6-13-7-4-10/h3-4,6-7,9H,5,8H2,1-2H3. The number of amides is 1. The van der Waals surface area contributed by atoms with Gasteiger partial charge in [-0.3, -0.25) is 9.78 Å². The Balaban J connectivity index is 2.54. The van der Waals surface area contributed by atoms with Gasteiger partial charge in [0, 0.05) is 36.9 Å². The molecule has 1 atom stereocenters. The van der Waals surface area contributed by atoms with E-state index in [9.17, 15) is 4.79 Å². The first-order chi connectivity index (χ1) is 7.11. The number of carbonyl (C=O) groups excluding carboxylic acids is 1. The van der Waals surface area contributed by atoms with Crippen LogP contribution < -0.4 is 0 Å². The Morgan fingerprint density at radius 1 is 1.53 bits per heavy atom. The van der Waals surface area contributed by atoms with Crippen LogP contribution in [0.15, 0.2) is 24.5 Å². The SMILES string of the molecule is CC(Cl)CCN(C)C(=O)c1ccncc1. The Bertz CT molecular complexity index is 314. The predicted molar refractivity (Wildman–Crippen MR) is 61.1 cm³/mol. The van der Waals surface area contributed by atoms with Crippen LogP contribution in [0.4, 0.5) is 0 Å². The van der Waals surface area contributed by atoms with Crippen molar-refractivity contribution < 1.29 is 4.79 Å². The Kier molecular flexibility index (Phi) is 4.56. The van der Waals surface area contributed by atoms with Crippen molar-refractivity contribution in [2.45, 2.75) is 18.7 Å². The van der Waals surface area contributed by atoms with E-state index in [2.05, 4.69) is 4.98 Å². The number of halogens is 1. The second-order valence-corrected chi connectivity index (χ2v) is 4.28. The molecule has 0 aromatic carbocycles. The number of hydrogen-bond acceptors (Lipinski definition) is 2. The molecular weight excluding hydrogens is 212 g/mol. The average molecular weight is 227 g/mol. The van der Waals surface area contributed by atoms with E-state index in [1.54, 1.807) is 36.5 Å². The third-order valence-electron chi connectivity index (χ3n) is 2.14. The minimum absolute atomic E-state index is 0.00900. The summed E-state index contributed by atoms with van der Waals surface area (Å²) in [5.74, 6) is 0.00900. The highest BCUT2D eigenvalue weighted by Crippen LogP contribution is 2.05. The minimum atomic E-state index is 0.00900. The molecule has 0 saturated carbocycles. The maximum absolute atomic E-state index is 11.8. The van der Waals surface area contributed by atoms with Gasteiger partial charge in [0.1, 0.15) is 0 Å². The summed E-state index contributed by atoms with van der Waals surface area (Å²) in [6.45, 7) is 2.60. The highest BCUT2D eigenvalue weighted by atomic mass is 35.5. The molecule has 0 bridgehead atoms. The van der Waals surface area contributed by atoms with Crippen LogP contribution in [0.25, 0.3) is 0 Å². The van der Waals surface area contributed by atoms with Crippen molar-refractivity contribution in [1.29, 1.82) is 0 Å². The van der Waals surface area contributed by atoms with Crippen molar-refractivity contribution >= 4 is 17.5 Å². The van der Waals surface area contributed by atoms with Crippen molar-refractivity contribution in [2.24, 2.45) is 0 Å². The van der Waals surface area contributed by atoms with Crippen molar-refractivity contribution in [3.63, 3.8) is 0 Å². The molecule has 1 unspecified atom stereocenters. The van der Waals surface area contributed by atoms with Crippen LogP contribution in [0.5, 0.6) is 0 Å². The largest absolute Gasteiger partial charge is 0.342 e. The smallest absolute Gasteiger partial charge is 0.253 e. The minimum Gasteiger partial charge on any atom is -0.342 e. The zero-order valence-corrected chi connectivity index (χ0v) is 9.74. The molecule has 1 aromatic rings. The Hall–Kier alpha value is -1.09. The normalized spacial score (nSPS) is 12.2. The molecule has 0 aliphatic rings. The Morgan fingerprint density at radius 2 is 2.13 bits per heavy atom. The van der Waals surface area contributed by atoms with E-state index in [0.717, 1.165) is 6.42 Å². The second-order valence-electron chi connectivity index (χ2n) is 3.53. The maximum Gasteiger partial charge on any atom is 0.253 e. The molecule has 0 saturated heterocycles. The molecule has 3 nitrogen and oxygen atoms in total. The first-order valence-electron chi connectivity index (χ1n) is 4.91. The topological polar surface area (TPSA) is 33.2 Å². The van der Waals surface area contributed by atoms with Gasteiger partial charge in [-0.2, -0.15) is 0 Å². The molecule has 1 heterocycles.